The molecule has 130 valence electrons. The minimum Gasteiger partial charge on any atom is -0.378 e. The third kappa shape index (κ3) is 3.21. The summed E-state index contributed by atoms with van der Waals surface area (Å²) in [5.74, 6) is 0.566. The zero-order valence-electron chi connectivity index (χ0n) is 13.7. The molecule has 0 spiro atoms. The van der Waals surface area contributed by atoms with Crippen molar-refractivity contribution < 1.29 is 9.72 Å². The maximum absolute atomic E-state index is 12.7. The van der Waals surface area contributed by atoms with Gasteiger partial charge in [-0.05, 0) is 31.4 Å². The molecule has 1 aromatic carbocycles. The van der Waals surface area contributed by atoms with Gasteiger partial charge in [0.1, 0.15) is 5.69 Å². The van der Waals surface area contributed by atoms with Gasteiger partial charge in [0.2, 0.25) is 5.91 Å². The number of nitro groups is 1. The van der Waals surface area contributed by atoms with Gasteiger partial charge in [-0.15, -0.1) is 0 Å². The first kappa shape index (κ1) is 16.7. The van der Waals surface area contributed by atoms with Crippen LogP contribution in [0.5, 0.6) is 0 Å². The number of benzene rings is 1. The Bertz CT molecular complexity index is 622. The van der Waals surface area contributed by atoms with Gasteiger partial charge in [0.05, 0.1) is 10.3 Å². The van der Waals surface area contributed by atoms with Gasteiger partial charge in [-0.1, -0.05) is 25.0 Å². The van der Waals surface area contributed by atoms with Crippen LogP contribution in [0.15, 0.2) is 24.3 Å². The molecule has 3 rings (SSSR count). The van der Waals surface area contributed by atoms with Crippen LogP contribution in [-0.2, 0) is 4.79 Å². The summed E-state index contributed by atoms with van der Waals surface area (Å²) in [5.41, 5.74) is 0.277. The summed E-state index contributed by atoms with van der Waals surface area (Å²) in [6.07, 6.45) is 4.39. The molecule has 1 aliphatic carbocycles. The molecular weight excluding hydrogens is 308 g/mol. The largest absolute Gasteiger partial charge is 0.378 e. The van der Waals surface area contributed by atoms with Crippen LogP contribution in [0.1, 0.15) is 25.7 Å². The van der Waals surface area contributed by atoms with E-state index in [1.54, 1.807) is 18.2 Å². The average Bonchev–Trinajstić information content (AvgIpc) is 3.04. The number of amides is 1. The molecule has 1 saturated heterocycles. The van der Waals surface area contributed by atoms with Gasteiger partial charge in [-0.3, -0.25) is 14.9 Å². The van der Waals surface area contributed by atoms with E-state index in [9.17, 15) is 14.9 Å². The van der Waals surface area contributed by atoms with Gasteiger partial charge in [0.25, 0.3) is 5.69 Å². The van der Waals surface area contributed by atoms with Crippen LogP contribution in [0.2, 0.25) is 0 Å². The summed E-state index contributed by atoms with van der Waals surface area (Å²) >= 11 is 0. The van der Waals surface area contributed by atoms with Crippen molar-refractivity contribution in [3.63, 3.8) is 0 Å². The summed E-state index contributed by atoms with van der Waals surface area (Å²) in [6.45, 7) is 2.62. The first-order valence-corrected chi connectivity index (χ1v) is 8.60. The van der Waals surface area contributed by atoms with E-state index in [0.29, 0.717) is 24.7 Å². The Morgan fingerprint density at radius 3 is 3.00 bits per heavy atom. The van der Waals surface area contributed by atoms with E-state index in [1.807, 2.05) is 0 Å². The summed E-state index contributed by atoms with van der Waals surface area (Å²) in [4.78, 5) is 23.3. The molecule has 0 aromatic heterocycles. The normalized spacial score (nSPS) is 25.8. The topological polar surface area (TPSA) is 96.3 Å². The minimum atomic E-state index is -0.406. The van der Waals surface area contributed by atoms with Crippen molar-refractivity contribution in [2.24, 2.45) is 11.3 Å². The van der Waals surface area contributed by atoms with Crippen molar-refractivity contribution >= 4 is 17.3 Å². The fourth-order valence-corrected chi connectivity index (χ4v) is 4.02. The fourth-order valence-electron chi connectivity index (χ4n) is 4.02. The first-order chi connectivity index (χ1) is 11.6. The maximum Gasteiger partial charge on any atom is 0.292 e. The van der Waals surface area contributed by atoms with Gasteiger partial charge in [0.15, 0.2) is 0 Å². The second-order valence-corrected chi connectivity index (χ2v) is 6.69. The number of nitro benzene ring substituents is 1. The van der Waals surface area contributed by atoms with E-state index in [1.165, 1.54) is 12.5 Å². The molecule has 1 heterocycles. The van der Waals surface area contributed by atoms with Gasteiger partial charge in [0, 0.05) is 25.7 Å². The first-order valence-electron chi connectivity index (χ1n) is 8.60. The van der Waals surface area contributed by atoms with Gasteiger partial charge in [-0.25, -0.2) is 0 Å². The highest BCUT2D eigenvalue weighted by atomic mass is 16.6. The van der Waals surface area contributed by atoms with Crippen molar-refractivity contribution in [2.75, 3.05) is 31.5 Å². The van der Waals surface area contributed by atoms with E-state index < -0.39 is 4.92 Å². The van der Waals surface area contributed by atoms with E-state index in [4.69, 9.17) is 0 Å². The lowest BCUT2D eigenvalue weighted by Crippen LogP contribution is -2.48. The predicted molar refractivity (Wildman–Crippen MR) is 91.9 cm³/mol. The highest BCUT2D eigenvalue weighted by Crippen LogP contribution is 2.43. The average molecular weight is 332 g/mol. The molecule has 2 aliphatic rings. The molecule has 7 heteroatoms. The third-order valence-corrected chi connectivity index (χ3v) is 5.32. The quantitative estimate of drug-likeness (QED) is 0.420. The van der Waals surface area contributed by atoms with Crippen LogP contribution >= 0.6 is 0 Å². The Morgan fingerprint density at radius 1 is 1.33 bits per heavy atom. The number of para-hydroxylation sites is 2. The number of carbonyl (C=O) groups excluding carboxylic acids is 1. The monoisotopic (exact) mass is 332 g/mol. The molecule has 0 unspecified atom stereocenters. The molecular formula is C17H24N4O3. The van der Waals surface area contributed by atoms with Crippen LogP contribution in [-0.4, -0.2) is 37.0 Å². The molecule has 0 bridgehead atoms. The maximum atomic E-state index is 12.7. The van der Waals surface area contributed by atoms with Crippen LogP contribution < -0.4 is 16.0 Å². The van der Waals surface area contributed by atoms with Gasteiger partial charge < -0.3 is 16.0 Å². The van der Waals surface area contributed by atoms with Crippen molar-refractivity contribution in [2.45, 2.75) is 25.7 Å². The number of hydrogen-bond acceptors (Lipinski definition) is 5. The molecule has 7 nitrogen and oxygen atoms in total. The third-order valence-electron chi connectivity index (χ3n) is 5.32. The molecule has 1 aromatic rings. The highest BCUT2D eigenvalue weighted by molar-refractivity contribution is 5.84. The minimum absolute atomic E-state index is 0.0507. The van der Waals surface area contributed by atoms with E-state index >= 15 is 0 Å². The zero-order valence-corrected chi connectivity index (χ0v) is 13.7. The van der Waals surface area contributed by atoms with E-state index in [-0.39, 0.29) is 17.0 Å². The number of rotatable bonds is 6. The second-order valence-electron chi connectivity index (χ2n) is 6.69. The van der Waals surface area contributed by atoms with Crippen LogP contribution in [0.25, 0.3) is 0 Å². The number of anilines is 1. The van der Waals surface area contributed by atoms with Gasteiger partial charge in [-0.2, -0.15) is 0 Å². The predicted octanol–water partition coefficient (Wildman–Crippen LogP) is 1.90. The molecule has 1 aliphatic heterocycles. The number of fused-ring (bicyclic) bond motifs is 1. The molecule has 2 fully saturated rings. The van der Waals surface area contributed by atoms with Crippen molar-refractivity contribution in [3.05, 3.63) is 34.4 Å². The molecule has 1 amide bonds. The Morgan fingerprint density at radius 2 is 2.17 bits per heavy atom. The summed E-state index contributed by atoms with van der Waals surface area (Å²) in [6, 6.07) is 6.54. The van der Waals surface area contributed by atoms with E-state index in [2.05, 4.69) is 16.0 Å². The van der Waals surface area contributed by atoms with Crippen molar-refractivity contribution in [3.8, 4) is 0 Å². The Hall–Kier alpha value is -2.15. The summed E-state index contributed by atoms with van der Waals surface area (Å²) in [5, 5.41) is 20.4. The number of nitrogens with zero attached hydrogens (tertiary/aromatic N) is 1. The fraction of sp³-hybridized carbons (Fsp3) is 0.588. The lowest BCUT2D eigenvalue weighted by atomic mass is 9.67. The Kier molecular flexibility index (Phi) is 4.99. The van der Waals surface area contributed by atoms with Crippen LogP contribution in [0.3, 0.4) is 0 Å². The van der Waals surface area contributed by atoms with Gasteiger partial charge >= 0.3 is 0 Å². The molecule has 0 radical (unpaired) electrons. The standard InChI is InChI=1S/C17H24N4O3/c22-16(17-8-4-3-5-13(17)11-18-12-17)20-10-9-19-14-6-1-2-7-15(14)21(23)24/h1-2,6-7,13,18-19H,3-5,8-12H2,(H,20,22)/t13-,17+/m0/s1. The number of nitrogens with one attached hydrogen (secondary N) is 3. The Labute approximate surface area is 141 Å². The Balaban J connectivity index is 1.52. The molecule has 3 N–H and O–H groups in total. The molecule has 2 atom stereocenters. The highest BCUT2D eigenvalue weighted by Gasteiger charge is 2.49. The zero-order chi connectivity index (χ0) is 17.0. The SMILES string of the molecule is O=C(NCCNc1ccccc1[N+](=O)[O-])[C@@]12CCCC[C@H]1CNC2. The summed E-state index contributed by atoms with van der Waals surface area (Å²) in [7, 11) is 0. The van der Waals surface area contributed by atoms with E-state index in [0.717, 1.165) is 32.4 Å². The molecule has 1 saturated carbocycles. The number of carbonyl (C=O) groups is 1. The van der Waals surface area contributed by atoms with Crippen LogP contribution in [0.4, 0.5) is 11.4 Å². The lowest BCUT2D eigenvalue weighted by molar-refractivity contribution is -0.384. The number of hydrogen-bond donors (Lipinski definition) is 3. The smallest absolute Gasteiger partial charge is 0.292 e. The summed E-state index contributed by atoms with van der Waals surface area (Å²) < 4.78 is 0. The second kappa shape index (κ2) is 7.17. The van der Waals surface area contributed by atoms with Crippen molar-refractivity contribution in [1.29, 1.82) is 0 Å². The van der Waals surface area contributed by atoms with Crippen molar-refractivity contribution in [1.82, 2.24) is 10.6 Å². The molecule has 24 heavy (non-hydrogen) atoms. The lowest BCUT2D eigenvalue weighted by Gasteiger charge is -2.37. The van der Waals surface area contributed by atoms with Crippen LogP contribution in [0, 0.1) is 21.4 Å².